The van der Waals surface area contributed by atoms with Crippen molar-refractivity contribution < 1.29 is 4.79 Å². The van der Waals surface area contributed by atoms with Crippen LogP contribution >= 0.6 is 11.6 Å². The van der Waals surface area contributed by atoms with E-state index in [2.05, 4.69) is 4.98 Å². The third kappa shape index (κ3) is 2.23. The summed E-state index contributed by atoms with van der Waals surface area (Å²) < 4.78 is 0. The summed E-state index contributed by atoms with van der Waals surface area (Å²) in [4.78, 5) is 16.7. The zero-order valence-corrected chi connectivity index (χ0v) is 10.00. The largest absolute Gasteiger partial charge is 0.356 e. The van der Waals surface area contributed by atoms with Crippen molar-refractivity contribution in [3.63, 3.8) is 0 Å². The molecule has 0 bridgehead atoms. The number of carbonyl (C=O) groups excluding carboxylic acids is 1. The number of nitrogens with one attached hydrogen (secondary N) is 1. The summed E-state index contributed by atoms with van der Waals surface area (Å²) in [5.41, 5.74) is 6.39. The smallest absolute Gasteiger partial charge is 0.270 e. The van der Waals surface area contributed by atoms with Gasteiger partial charge in [-0.2, -0.15) is 0 Å². The Morgan fingerprint density at radius 1 is 1.75 bits per heavy atom. The Balaban J connectivity index is 2.02. The second-order valence-electron chi connectivity index (χ2n) is 4.39. The van der Waals surface area contributed by atoms with Gasteiger partial charge in [-0.1, -0.05) is 11.6 Å². The number of likely N-dealkylation sites (tertiary alicyclic amines) is 1. The van der Waals surface area contributed by atoms with Crippen LogP contribution in [0.4, 0.5) is 0 Å². The van der Waals surface area contributed by atoms with Crippen molar-refractivity contribution in [2.24, 2.45) is 11.7 Å². The standard InChI is InChI=1S/C11H16ClN3O/c1-7(13)8-2-3-15(6-8)11(16)10-4-9(12)5-14-10/h4-5,7-8,14H,2-3,6,13H2,1H3. The van der Waals surface area contributed by atoms with Crippen LogP contribution in [0.2, 0.25) is 5.02 Å². The van der Waals surface area contributed by atoms with Crippen molar-refractivity contribution in [2.45, 2.75) is 19.4 Å². The summed E-state index contributed by atoms with van der Waals surface area (Å²) in [6, 6.07) is 1.80. The molecule has 1 amide bonds. The Bertz CT molecular complexity index is 388. The van der Waals surface area contributed by atoms with Crippen LogP contribution in [0.15, 0.2) is 12.3 Å². The van der Waals surface area contributed by atoms with Crippen molar-refractivity contribution in [1.29, 1.82) is 0 Å². The van der Waals surface area contributed by atoms with Crippen LogP contribution < -0.4 is 5.73 Å². The number of halogens is 1. The molecule has 1 aliphatic rings. The number of aromatic amines is 1. The molecule has 1 aromatic rings. The molecule has 0 aromatic carbocycles. The lowest BCUT2D eigenvalue weighted by Crippen LogP contribution is -2.33. The van der Waals surface area contributed by atoms with Crippen molar-refractivity contribution in [3.8, 4) is 0 Å². The lowest BCUT2D eigenvalue weighted by Gasteiger charge is -2.17. The third-order valence-electron chi connectivity index (χ3n) is 3.13. The molecule has 2 atom stereocenters. The van der Waals surface area contributed by atoms with Crippen molar-refractivity contribution in [1.82, 2.24) is 9.88 Å². The molecule has 16 heavy (non-hydrogen) atoms. The van der Waals surface area contributed by atoms with Crippen LogP contribution in [0.3, 0.4) is 0 Å². The van der Waals surface area contributed by atoms with Gasteiger partial charge in [0.2, 0.25) is 0 Å². The Morgan fingerprint density at radius 2 is 2.50 bits per heavy atom. The number of hydrogen-bond acceptors (Lipinski definition) is 2. The number of carbonyl (C=O) groups is 1. The maximum atomic E-state index is 12.0. The van der Waals surface area contributed by atoms with Gasteiger partial charge in [-0.3, -0.25) is 4.79 Å². The normalized spacial score (nSPS) is 22.4. The van der Waals surface area contributed by atoms with Crippen LogP contribution in [0.25, 0.3) is 0 Å². The van der Waals surface area contributed by atoms with E-state index < -0.39 is 0 Å². The van der Waals surface area contributed by atoms with E-state index in [1.54, 1.807) is 12.3 Å². The van der Waals surface area contributed by atoms with E-state index >= 15 is 0 Å². The minimum Gasteiger partial charge on any atom is -0.356 e. The highest BCUT2D eigenvalue weighted by molar-refractivity contribution is 6.30. The Morgan fingerprint density at radius 3 is 3.00 bits per heavy atom. The van der Waals surface area contributed by atoms with Crippen LogP contribution in [0.5, 0.6) is 0 Å². The number of hydrogen-bond donors (Lipinski definition) is 2. The lowest BCUT2D eigenvalue weighted by molar-refractivity contribution is 0.0781. The zero-order valence-electron chi connectivity index (χ0n) is 9.24. The summed E-state index contributed by atoms with van der Waals surface area (Å²) in [7, 11) is 0. The fourth-order valence-corrected chi connectivity index (χ4v) is 2.23. The second-order valence-corrected chi connectivity index (χ2v) is 4.83. The molecular formula is C11H16ClN3O. The van der Waals surface area contributed by atoms with Gasteiger partial charge < -0.3 is 15.6 Å². The van der Waals surface area contributed by atoms with Gasteiger partial charge in [0, 0.05) is 25.3 Å². The molecule has 0 radical (unpaired) electrons. The van der Waals surface area contributed by atoms with Crippen LogP contribution in [0.1, 0.15) is 23.8 Å². The van der Waals surface area contributed by atoms with Gasteiger partial charge in [-0.15, -0.1) is 0 Å². The van der Waals surface area contributed by atoms with Crippen LogP contribution in [-0.2, 0) is 0 Å². The fraction of sp³-hybridized carbons (Fsp3) is 0.545. The number of H-pyrrole nitrogens is 1. The molecular weight excluding hydrogens is 226 g/mol. The average Bonchev–Trinajstić information content (AvgIpc) is 2.84. The van der Waals surface area contributed by atoms with Crippen molar-refractivity contribution >= 4 is 17.5 Å². The first kappa shape index (κ1) is 11.5. The van der Waals surface area contributed by atoms with E-state index in [1.807, 2.05) is 11.8 Å². The lowest BCUT2D eigenvalue weighted by atomic mass is 10.0. The van der Waals surface area contributed by atoms with Gasteiger partial charge in [0.1, 0.15) is 5.69 Å². The minimum atomic E-state index is 0.00931. The SMILES string of the molecule is CC(N)C1CCN(C(=O)c2cc(Cl)c[nH]2)C1. The Hall–Kier alpha value is -1.00. The van der Waals surface area contributed by atoms with E-state index in [0.29, 0.717) is 16.6 Å². The first-order chi connectivity index (χ1) is 7.58. The maximum Gasteiger partial charge on any atom is 0.270 e. The highest BCUT2D eigenvalue weighted by Gasteiger charge is 2.29. The van der Waals surface area contributed by atoms with Gasteiger partial charge in [0.25, 0.3) is 5.91 Å². The molecule has 1 aromatic heterocycles. The van der Waals surface area contributed by atoms with Crippen LogP contribution in [0, 0.1) is 5.92 Å². The van der Waals surface area contributed by atoms with E-state index in [1.165, 1.54) is 0 Å². The highest BCUT2D eigenvalue weighted by Crippen LogP contribution is 2.21. The molecule has 2 rings (SSSR count). The number of aromatic nitrogens is 1. The van der Waals surface area contributed by atoms with Gasteiger partial charge in [-0.25, -0.2) is 0 Å². The summed E-state index contributed by atoms with van der Waals surface area (Å²) in [6.45, 7) is 3.51. The average molecular weight is 242 g/mol. The molecule has 1 saturated heterocycles. The molecule has 1 aliphatic heterocycles. The van der Waals surface area contributed by atoms with Gasteiger partial charge in [0.05, 0.1) is 5.02 Å². The molecule has 2 unspecified atom stereocenters. The van der Waals surface area contributed by atoms with Crippen molar-refractivity contribution in [2.75, 3.05) is 13.1 Å². The summed E-state index contributed by atoms with van der Waals surface area (Å²) in [6.07, 6.45) is 2.60. The molecule has 5 heteroatoms. The number of rotatable bonds is 2. The molecule has 4 nitrogen and oxygen atoms in total. The van der Waals surface area contributed by atoms with E-state index in [9.17, 15) is 4.79 Å². The van der Waals surface area contributed by atoms with E-state index in [0.717, 1.165) is 19.5 Å². The zero-order chi connectivity index (χ0) is 11.7. The first-order valence-corrected chi connectivity index (χ1v) is 5.84. The molecule has 0 spiro atoms. The van der Waals surface area contributed by atoms with Gasteiger partial charge in [-0.05, 0) is 25.3 Å². The highest BCUT2D eigenvalue weighted by atomic mass is 35.5. The van der Waals surface area contributed by atoms with E-state index in [4.69, 9.17) is 17.3 Å². The fourth-order valence-electron chi connectivity index (χ4n) is 2.06. The summed E-state index contributed by atoms with van der Waals surface area (Å²) >= 11 is 5.77. The maximum absolute atomic E-state index is 12.0. The number of nitrogens with zero attached hydrogens (tertiary/aromatic N) is 1. The predicted octanol–water partition coefficient (Wildman–Crippen LogP) is 1.48. The van der Waals surface area contributed by atoms with E-state index in [-0.39, 0.29) is 11.9 Å². The first-order valence-electron chi connectivity index (χ1n) is 5.46. The van der Waals surface area contributed by atoms with Crippen LogP contribution in [-0.4, -0.2) is 34.9 Å². The third-order valence-corrected chi connectivity index (χ3v) is 3.35. The number of amides is 1. The Labute approximate surface area is 99.8 Å². The van der Waals surface area contributed by atoms with Gasteiger partial charge >= 0.3 is 0 Å². The number of nitrogens with two attached hydrogens (primary N) is 1. The molecule has 0 saturated carbocycles. The monoisotopic (exact) mass is 241 g/mol. The quantitative estimate of drug-likeness (QED) is 0.824. The predicted molar refractivity (Wildman–Crippen MR) is 63.5 cm³/mol. The second kappa shape index (κ2) is 4.47. The van der Waals surface area contributed by atoms with Gasteiger partial charge in [0.15, 0.2) is 0 Å². The summed E-state index contributed by atoms with van der Waals surface area (Å²) in [5.74, 6) is 0.421. The molecule has 88 valence electrons. The molecule has 1 fully saturated rings. The Kier molecular flexibility index (Phi) is 3.21. The minimum absolute atomic E-state index is 0.00931. The molecule has 0 aliphatic carbocycles. The summed E-state index contributed by atoms with van der Waals surface area (Å²) in [5, 5.41) is 0.561. The molecule has 2 heterocycles. The topological polar surface area (TPSA) is 62.1 Å². The van der Waals surface area contributed by atoms with Crippen molar-refractivity contribution in [3.05, 3.63) is 23.0 Å². The molecule has 3 N–H and O–H groups in total.